The lowest BCUT2D eigenvalue weighted by Crippen LogP contribution is -2.36. The van der Waals surface area contributed by atoms with Gasteiger partial charge in [-0.2, -0.15) is 11.8 Å². The maximum Gasteiger partial charge on any atom is 0.315 e. The van der Waals surface area contributed by atoms with Crippen molar-refractivity contribution in [2.45, 2.75) is 43.0 Å². The Bertz CT molecular complexity index is 298. The second-order valence-corrected chi connectivity index (χ2v) is 5.51. The van der Waals surface area contributed by atoms with Crippen molar-refractivity contribution in [2.75, 3.05) is 5.75 Å². The molecule has 0 saturated carbocycles. The second-order valence-electron chi connectivity index (χ2n) is 4.24. The Morgan fingerprint density at radius 1 is 1.44 bits per heavy atom. The van der Waals surface area contributed by atoms with Gasteiger partial charge < -0.3 is 20.5 Å². The zero-order chi connectivity index (χ0) is 11.5. The number of fused-ring (bicyclic) bond motifs is 1. The van der Waals surface area contributed by atoms with Gasteiger partial charge in [0, 0.05) is 17.0 Å². The van der Waals surface area contributed by atoms with Gasteiger partial charge in [-0.05, 0) is 19.3 Å². The smallest absolute Gasteiger partial charge is 0.315 e. The molecular formula is C10H15N2O3S-. The number of hydrogen-bond acceptors (Lipinski definition) is 4. The van der Waals surface area contributed by atoms with Crippen LogP contribution >= 0.6 is 11.8 Å². The van der Waals surface area contributed by atoms with E-state index in [9.17, 15) is 14.7 Å². The number of urea groups is 1. The summed E-state index contributed by atoms with van der Waals surface area (Å²) in [5, 5.41) is 16.5. The standard InChI is InChI=1S/C10H16N2O3S/c13-8(14)4-2-1-3-7-9-6(5-16-7)11-10(15)12-9/h6-7,9H,1-5H2,(H,13,14)(H2,11,12,15)/p-1. The van der Waals surface area contributed by atoms with E-state index >= 15 is 0 Å². The summed E-state index contributed by atoms with van der Waals surface area (Å²) in [4.78, 5) is 21.3. The van der Waals surface area contributed by atoms with Crippen molar-refractivity contribution in [2.24, 2.45) is 0 Å². The molecule has 0 aromatic carbocycles. The summed E-state index contributed by atoms with van der Waals surface area (Å²) in [7, 11) is 0. The Kier molecular flexibility index (Phi) is 3.58. The molecule has 0 aromatic heterocycles. The molecule has 6 heteroatoms. The number of unbranched alkanes of at least 4 members (excludes halogenated alkanes) is 1. The highest BCUT2D eigenvalue weighted by atomic mass is 32.2. The van der Waals surface area contributed by atoms with E-state index in [0.717, 1.165) is 18.6 Å². The predicted octanol–water partition coefficient (Wildman–Crippen LogP) is -0.538. The summed E-state index contributed by atoms with van der Waals surface area (Å²) in [5.41, 5.74) is 0. The van der Waals surface area contributed by atoms with E-state index < -0.39 is 5.97 Å². The van der Waals surface area contributed by atoms with Gasteiger partial charge in [0.2, 0.25) is 0 Å². The van der Waals surface area contributed by atoms with Gasteiger partial charge in [0.25, 0.3) is 0 Å². The average molecular weight is 243 g/mol. The fourth-order valence-corrected chi connectivity index (χ4v) is 3.80. The minimum atomic E-state index is -0.979. The van der Waals surface area contributed by atoms with Gasteiger partial charge in [0.1, 0.15) is 0 Å². The third-order valence-corrected chi connectivity index (χ3v) is 4.57. The fraction of sp³-hybridized carbons (Fsp3) is 0.800. The molecule has 0 radical (unpaired) electrons. The number of thioether (sulfide) groups is 1. The first-order valence-electron chi connectivity index (χ1n) is 5.55. The van der Waals surface area contributed by atoms with Crippen molar-refractivity contribution in [1.29, 1.82) is 0 Å². The molecule has 2 amide bonds. The Labute approximate surface area is 98.4 Å². The number of amides is 2. The number of hydrogen-bond donors (Lipinski definition) is 2. The van der Waals surface area contributed by atoms with Crippen LogP contribution in [0.5, 0.6) is 0 Å². The first kappa shape index (κ1) is 11.6. The molecule has 5 nitrogen and oxygen atoms in total. The molecule has 2 rings (SSSR count). The molecular weight excluding hydrogens is 228 g/mol. The maximum atomic E-state index is 11.1. The molecule has 2 aliphatic heterocycles. The average Bonchev–Trinajstić information content (AvgIpc) is 2.72. The van der Waals surface area contributed by atoms with Crippen LogP contribution in [-0.2, 0) is 4.79 Å². The zero-order valence-electron chi connectivity index (χ0n) is 8.90. The van der Waals surface area contributed by atoms with E-state index in [1.54, 1.807) is 0 Å². The molecule has 3 unspecified atom stereocenters. The zero-order valence-corrected chi connectivity index (χ0v) is 9.72. The Morgan fingerprint density at radius 3 is 3.00 bits per heavy atom. The topological polar surface area (TPSA) is 81.3 Å². The summed E-state index contributed by atoms with van der Waals surface area (Å²) >= 11 is 1.85. The Morgan fingerprint density at radius 2 is 2.25 bits per heavy atom. The van der Waals surface area contributed by atoms with Gasteiger partial charge in [0.05, 0.1) is 12.1 Å². The Hall–Kier alpha value is -0.910. The van der Waals surface area contributed by atoms with E-state index in [0.29, 0.717) is 11.7 Å². The minimum absolute atomic E-state index is 0.0740. The molecule has 2 aliphatic rings. The van der Waals surface area contributed by atoms with Gasteiger partial charge in [-0.25, -0.2) is 4.79 Å². The molecule has 2 fully saturated rings. The number of carboxylic acid groups (broad SMARTS) is 1. The van der Waals surface area contributed by atoms with Crippen LogP contribution in [0.4, 0.5) is 4.79 Å². The van der Waals surface area contributed by atoms with E-state index in [1.807, 2.05) is 11.8 Å². The van der Waals surface area contributed by atoms with Crippen LogP contribution in [-0.4, -0.2) is 35.1 Å². The van der Waals surface area contributed by atoms with E-state index in [4.69, 9.17) is 0 Å². The highest BCUT2D eigenvalue weighted by Crippen LogP contribution is 2.33. The van der Waals surface area contributed by atoms with Gasteiger partial charge in [-0.1, -0.05) is 6.42 Å². The van der Waals surface area contributed by atoms with Crippen molar-refractivity contribution < 1.29 is 14.7 Å². The van der Waals surface area contributed by atoms with Crippen LogP contribution in [0.15, 0.2) is 0 Å². The SMILES string of the molecule is O=C([O-])CCCCC1SCC2NC(=O)NC21. The lowest BCUT2D eigenvalue weighted by Gasteiger charge is -2.16. The predicted molar refractivity (Wildman–Crippen MR) is 59.0 cm³/mol. The largest absolute Gasteiger partial charge is 0.550 e. The molecule has 90 valence electrons. The van der Waals surface area contributed by atoms with Gasteiger partial charge in [0.15, 0.2) is 0 Å². The van der Waals surface area contributed by atoms with Crippen molar-refractivity contribution in [3.05, 3.63) is 0 Å². The van der Waals surface area contributed by atoms with Gasteiger partial charge >= 0.3 is 6.03 Å². The molecule has 16 heavy (non-hydrogen) atoms. The van der Waals surface area contributed by atoms with Crippen LogP contribution in [0.25, 0.3) is 0 Å². The summed E-state index contributed by atoms with van der Waals surface area (Å²) < 4.78 is 0. The van der Waals surface area contributed by atoms with E-state index in [1.165, 1.54) is 0 Å². The molecule has 0 spiro atoms. The van der Waals surface area contributed by atoms with Crippen LogP contribution in [0.3, 0.4) is 0 Å². The molecule has 3 atom stereocenters. The molecule has 0 bridgehead atoms. The van der Waals surface area contributed by atoms with Crippen molar-refractivity contribution in [1.82, 2.24) is 10.6 Å². The quantitative estimate of drug-likeness (QED) is 0.502. The van der Waals surface area contributed by atoms with Crippen molar-refractivity contribution >= 4 is 23.8 Å². The highest BCUT2D eigenvalue weighted by Gasteiger charge is 2.42. The van der Waals surface area contributed by atoms with Gasteiger partial charge in [-0.15, -0.1) is 0 Å². The van der Waals surface area contributed by atoms with Crippen molar-refractivity contribution in [3.8, 4) is 0 Å². The third-order valence-electron chi connectivity index (χ3n) is 3.06. The Balaban J connectivity index is 1.70. The number of rotatable bonds is 5. The number of carboxylic acids is 1. The summed E-state index contributed by atoms with van der Waals surface area (Å²) in [6, 6.07) is 0.402. The van der Waals surface area contributed by atoms with Crippen LogP contribution in [0.2, 0.25) is 0 Å². The highest BCUT2D eigenvalue weighted by molar-refractivity contribution is 8.00. The lowest BCUT2D eigenvalue weighted by molar-refractivity contribution is -0.305. The monoisotopic (exact) mass is 243 g/mol. The van der Waals surface area contributed by atoms with E-state index in [-0.39, 0.29) is 24.5 Å². The third kappa shape index (κ3) is 2.61. The van der Waals surface area contributed by atoms with E-state index in [2.05, 4.69) is 10.6 Å². The van der Waals surface area contributed by atoms with Crippen LogP contribution in [0, 0.1) is 0 Å². The summed E-state index contributed by atoms with van der Waals surface area (Å²) in [5.74, 6) is -0.0260. The first-order chi connectivity index (χ1) is 7.66. The normalized spacial score (nSPS) is 32.0. The molecule has 0 aliphatic carbocycles. The van der Waals surface area contributed by atoms with Crippen LogP contribution < -0.4 is 15.7 Å². The molecule has 2 N–H and O–H groups in total. The number of carbonyl (C=O) groups is 2. The molecule has 0 aromatic rings. The maximum absolute atomic E-state index is 11.1. The van der Waals surface area contributed by atoms with Crippen molar-refractivity contribution in [3.63, 3.8) is 0 Å². The lowest BCUT2D eigenvalue weighted by atomic mass is 10.0. The van der Waals surface area contributed by atoms with Crippen LogP contribution in [0.1, 0.15) is 25.7 Å². The summed E-state index contributed by atoms with van der Waals surface area (Å²) in [6.07, 6.45) is 2.64. The van der Waals surface area contributed by atoms with Gasteiger partial charge in [-0.3, -0.25) is 0 Å². The molecule has 2 saturated heterocycles. The number of carbonyl (C=O) groups excluding carboxylic acids is 2. The summed E-state index contributed by atoms with van der Waals surface area (Å²) in [6.45, 7) is 0. The fourth-order valence-electron chi connectivity index (χ4n) is 2.26. The number of aliphatic carboxylic acids is 1. The minimum Gasteiger partial charge on any atom is -0.550 e. The second kappa shape index (κ2) is 4.95. The first-order valence-corrected chi connectivity index (χ1v) is 6.60. The number of nitrogens with one attached hydrogen (secondary N) is 2. The molecule has 2 heterocycles.